The van der Waals surface area contributed by atoms with Gasteiger partial charge in [-0.3, -0.25) is 10.1 Å². The zero-order valence-electron chi connectivity index (χ0n) is 10.2. The summed E-state index contributed by atoms with van der Waals surface area (Å²) in [6, 6.07) is 11.4. The molecule has 0 aliphatic rings. The minimum atomic E-state index is -0.268. The van der Waals surface area contributed by atoms with Crippen LogP contribution in [0.5, 0.6) is 0 Å². The van der Waals surface area contributed by atoms with Gasteiger partial charge in [-0.25, -0.2) is 0 Å². The highest BCUT2D eigenvalue weighted by molar-refractivity contribution is 5.23. The molecule has 0 N–H and O–H groups in total. The van der Waals surface area contributed by atoms with Crippen LogP contribution in [-0.2, 0) is 6.42 Å². The van der Waals surface area contributed by atoms with Gasteiger partial charge in [0.05, 0.1) is 12.2 Å². The van der Waals surface area contributed by atoms with E-state index in [9.17, 15) is 10.1 Å². The molecule has 1 atom stereocenters. The fourth-order valence-corrected chi connectivity index (χ4v) is 2.03. The highest BCUT2D eigenvalue weighted by Crippen LogP contribution is 2.23. The maximum atomic E-state index is 10.8. The van der Waals surface area contributed by atoms with Crippen molar-refractivity contribution in [2.75, 3.05) is 6.54 Å². The fraction of sp³-hybridized carbons (Fsp3) is 0.286. The first kappa shape index (κ1) is 12.4. The summed E-state index contributed by atoms with van der Waals surface area (Å²) in [5.41, 5.74) is 2.02. The van der Waals surface area contributed by atoms with Crippen molar-refractivity contribution in [3.8, 4) is 0 Å². The molecule has 1 aromatic carbocycles. The summed E-state index contributed by atoms with van der Waals surface area (Å²) in [5.74, 6) is 0.678. The maximum Gasteiger partial charge on any atom is 0.211 e. The summed E-state index contributed by atoms with van der Waals surface area (Å²) in [6.07, 6.45) is 2.18. The van der Waals surface area contributed by atoms with Crippen molar-refractivity contribution in [3.63, 3.8) is 0 Å². The Bertz CT molecular complexity index is 519. The lowest BCUT2D eigenvalue weighted by Gasteiger charge is -2.12. The van der Waals surface area contributed by atoms with Crippen LogP contribution in [0.25, 0.3) is 0 Å². The number of hydrogen-bond acceptors (Lipinski definition) is 3. The Balaban J connectivity index is 2.21. The van der Waals surface area contributed by atoms with Crippen molar-refractivity contribution in [2.24, 2.45) is 0 Å². The molecule has 0 saturated carbocycles. The van der Waals surface area contributed by atoms with Crippen molar-refractivity contribution in [3.05, 3.63) is 69.7 Å². The van der Waals surface area contributed by atoms with Gasteiger partial charge in [-0.1, -0.05) is 30.3 Å². The molecule has 4 nitrogen and oxygen atoms in total. The van der Waals surface area contributed by atoms with Gasteiger partial charge in [0.2, 0.25) is 6.54 Å². The van der Waals surface area contributed by atoms with Gasteiger partial charge < -0.3 is 4.42 Å². The first-order valence-electron chi connectivity index (χ1n) is 5.86. The monoisotopic (exact) mass is 245 g/mol. The molecule has 0 fully saturated rings. The molecule has 0 aliphatic heterocycles. The van der Waals surface area contributed by atoms with Crippen LogP contribution < -0.4 is 0 Å². The standard InChI is InChI=1S/C14H15NO3/c1-11-7-8-18-14(11)9-13(10-15(16)17)12-5-3-2-4-6-12/h2-8,13H,9-10H2,1H3/t13-/m0/s1. The summed E-state index contributed by atoms with van der Waals surface area (Å²) in [6.45, 7) is 1.87. The van der Waals surface area contributed by atoms with E-state index in [1.54, 1.807) is 6.26 Å². The van der Waals surface area contributed by atoms with Gasteiger partial charge in [-0.2, -0.15) is 0 Å². The number of nitro groups is 1. The molecule has 0 unspecified atom stereocenters. The Morgan fingerprint density at radius 3 is 2.56 bits per heavy atom. The van der Waals surface area contributed by atoms with Crippen LogP contribution in [0.3, 0.4) is 0 Å². The number of furan rings is 1. The molecule has 18 heavy (non-hydrogen) atoms. The van der Waals surface area contributed by atoms with E-state index in [2.05, 4.69) is 0 Å². The second-order valence-electron chi connectivity index (χ2n) is 4.35. The van der Waals surface area contributed by atoms with Gasteiger partial charge in [-0.05, 0) is 24.1 Å². The van der Waals surface area contributed by atoms with Gasteiger partial charge in [0.15, 0.2) is 0 Å². The average Bonchev–Trinajstić information content (AvgIpc) is 2.75. The zero-order valence-corrected chi connectivity index (χ0v) is 10.2. The summed E-state index contributed by atoms with van der Waals surface area (Å²) in [4.78, 5) is 10.5. The van der Waals surface area contributed by atoms with E-state index in [-0.39, 0.29) is 17.4 Å². The molecule has 0 spiro atoms. The lowest BCUT2D eigenvalue weighted by Crippen LogP contribution is -2.15. The summed E-state index contributed by atoms with van der Waals surface area (Å²) in [5, 5.41) is 10.8. The topological polar surface area (TPSA) is 56.3 Å². The number of nitrogens with zero attached hydrogens (tertiary/aromatic N) is 1. The second kappa shape index (κ2) is 5.49. The quantitative estimate of drug-likeness (QED) is 0.600. The summed E-state index contributed by atoms with van der Waals surface area (Å²) >= 11 is 0. The molecule has 0 bridgehead atoms. The fourth-order valence-electron chi connectivity index (χ4n) is 2.03. The van der Waals surface area contributed by atoms with Gasteiger partial charge in [0, 0.05) is 11.3 Å². The molecule has 0 amide bonds. The number of rotatable bonds is 5. The van der Waals surface area contributed by atoms with Crippen molar-refractivity contribution in [1.29, 1.82) is 0 Å². The van der Waals surface area contributed by atoms with E-state index in [0.29, 0.717) is 6.42 Å². The van der Waals surface area contributed by atoms with E-state index in [4.69, 9.17) is 4.42 Å². The minimum Gasteiger partial charge on any atom is -0.469 e. The third-order valence-electron chi connectivity index (χ3n) is 3.04. The minimum absolute atomic E-state index is 0.0792. The van der Waals surface area contributed by atoms with Crippen molar-refractivity contribution < 1.29 is 9.34 Å². The van der Waals surface area contributed by atoms with Crippen LogP contribution in [0.2, 0.25) is 0 Å². The third-order valence-corrected chi connectivity index (χ3v) is 3.04. The smallest absolute Gasteiger partial charge is 0.211 e. The van der Waals surface area contributed by atoms with Crippen LogP contribution in [0.15, 0.2) is 47.1 Å². The molecule has 94 valence electrons. The molecule has 1 aromatic heterocycles. The largest absolute Gasteiger partial charge is 0.469 e. The van der Waals surface area contributed by atoms with Crippen LogP contribution in [0.1, 0.15) is 22.8 Å². The summed E-state index contributed by atoms with van der Waals surface area (Å²) < 4.78 is 5.38. The van der Waals surface area contributed by atoms with E-state index < -0.39 is 0 Å². The summed E-state index contributed by atoms with van der Waals surface area (Å²) in [7, 11) is 0. The van der Waals surface area contributed by atoms with Crippen molar-refractivity contribution >= 4 is 0 Å². The second-order valence-corrected chi connectivity index (χ2v) is 4.35. The zero-order chi connectivity index (χ0) is 13.0. The highest BCUT2D eigenvalue weighted by Gasteiger charge is 2.20. The van der Waals surface area contributed by atoms with E-state index >= 15 is 0 Å². The van der Waals surface area contributed by atoms with Crippen LogP contribution in [0.4, 0.5) is 0 Å². The lowest BCUT2D eigenvalue weighted by atomic mass is 9.94. The van der Waals surface area contributed by atoms with Crippen molar-refractivity contribution in [2.45, 2.75) is 19.3 Å². The van der Waals surface area contributed by atoms with Crippen molar-refractivity contribution in [1.82, 2.24) is 0 Å². The Hall–Kier alpha value is -2.10. The Labute approximate surface area is 105 Å². The van der Waals surface area contributed by atoms with E-state index in [1.807, 2.05) is 43.3 Å². The Morgan fingerprint density at radius 2 is 2.00 bits per heavy atom. The number of hydrogen-bond donors (Lipinski definition) is 0. The Morgan fingerprint density at radius 1 is 1.28 bits per heavy atom. The predicted octanol–water partition coefficient (Wildman–Crippen LogP) is 3.19. The molecular formula is C14H15NO3. The van der Waals surface area contributed by atoms with Gasteiger partial charge in [-0.15, -0.1) is 0 Å². The number of benzene rings is 1. The molecule has 2 rings (SSSR count). The molecule has 1 heterocycles. The van der Waals surface area contributed by atoms with Gasteiger partial charge in [0.25, 0.3) is 0 Å². The average molecular weight is 245 g/mol. The van der Waals surface area contributed by atoms with Gasteiger partial charge in [0.1, 0.15) is 5.76 Å². The molecule has 2 aromatic rings. The third kappa shape index (κ3) is 2.97. The maximum absolute atomic E-state index is 10.8. The van der Waals surface area contributed by atoms with E-state index in [1.165, 1.54) is 0 Å². The normalized spacial score (nSPS) is 12.3. The molecular weight excluding hydrogens is 230 g/mol. The molecule has 0 radical (unpaired) electrons. The van der Waals surface area contributed by atoms with Crippen LogP contribution >= 0.6 is 0 Å². The molecule has 0 saturated heterocycles. The highest BCUT2D eigenvalue weighted by atomic mass is 16.6. The first-order chi connectivity index (χ1) is 8.66. The van der Waals surface area contributed by atoms with Crippen LogP contribution in [0, 0.1) is 17.0 Å². The molecule has 4 heteroatoms. The Kier molecular flexibility index (Phi) is 3.77. The number of aryl methyl sites for hydroxylation is 1. The van der Waals surface area contributed by atoms with Gasteiger partial charge >= 0.3 is 0 Å². The first-order valence-corrected chi connectivity index (χ1v) is 5.86. The lowest BCUT2D eigenvalue weighted by molar-refractivity contribution is -0.483. The predicted molar refractivity (Wildman–Crippen MR) is 68.2 cm³/mol. The van der Waals surface area contributed by atoms with E-state index in [0.717, 1.165) is 16.9 Å². The SMILES string of the molecule is Cc1ccoc1C[C@@H](C[N+](=O)[O-])c1ccccc1. The van der Waals surface area contributed by atoms with Crippen LogP contribution in [-0.4, -0.2) is 11.5 Å². The molecule has 0 aliphatic carbocycles.